The number of allylic oxidation sites excluding steroid dienone is 2. The topological polar surface area (TPSA) is 72.8 Å². The molecule has 0 fully saturated rings. The zero-order chi connectivity index (χ0) is 39.3. The van der Waals surface area contributed by atoms with Crippen molar-refractivity contribution in [3.05, 3.63) is 12.2 Å². The van der Waals surface area contributed by atoms with Crippen LogP contribution in [0.15, 0.2) is 12.2 Å². The fourth-order valence-corrected chi connectivity index (χ4v) is 7.38. The molecule has 1 unspecified atom stereocenters. The van der Waals surface area contributed by atoms with Gasteiger partial charge in [0.2, 0.25) is 0 Å². The molecule has 0 aromatic rings. The van der Waals surface area contributed by atoms with Crippen LogP contribution in [0.3, 0.4) is 0 Å². The maximum atomic E-state index is 12.2. The van der Waals surface area contributed by atoms with Gasteiger partial charge in [-0.1, -0.05) is 231 Å². The number of hydrogen-bond donors (Lipinski definition) is 1. The van der Waals surface area contributed by atoms with Crippen molar-refractivity contribution in [2.24, 2.45) is 0 Å². The van der Waals surface area contributed by atoms with Crippen LogP contribution in [0, 0.1) is 0 Å². The Hall–Kier alpha value is -1.36. The summed E-state index contributed by atoms with van der Waals surface area (Å²) in [6.07, 6.45) is 54.4. The number of unbranched alkanes of at least 4 members (excludes halogenated alkanes) is 35. The average Bonchev–Trinajstić information content (AvgIpc) is 3.17. The van der Waals surface area contributed by atoms with Crippen molar-refractivity contribution < 1.29 is 24.2 Å². The highest BCUT2D eigenvalue weighted by Gasteiger charge is 2.16. The first kappa shape index (κ1) is 52.6. The van der Waals surface area contributed by atoms with Gasteiger partial charge in [-0.2, -0.15) is 0 Å². The van der Waals surface area contributed by atoms with Crippen molar-refractivity contribution in [2.45, 2.75) is 277 Å². The zero-order valence-corrected chi connectivity index (χ0v) is 36.5. The van der Waals surface area contributed by atoms with Crippen molar-refractivity contribution in [1.29, 1.82) is 0 Å². The Kier molecular flexibility index (Phi) is 44.9. The number of carbonyl (C=O) groups is 2. The quantitative estimate of drug-likeness (QED) is 0.0380. The van der Waals surface area contributed by atoms with Gasteiger partial charge < -0.3 is 14.6 Å². The minimum atomic E-state index is -0.765. The summed E-state index contributed by atoms with van der Waals surface area (Å²) in [7, 11) is 0. The maximum Gasteiger partial charge on any atom is 0.306 e. The number of carbonyl (C=O) groups excluding carboxylic acids is 2. The third kappa shape index (κ3) is 43.4. The van der Waals surface area contributed by atoms with Gasteiger partial charge in [0.25, 0.3) is 0 Å². The lowest BCUT2D eigenvalue weighted by molar-refractivity contribution is -0.161. The highest BCUT2D eigenvalue weighted by atomic mass is 16.6. The monoisotopic (exact) mass is 763 g/mol. The molecule has 320 valence electrons. The van der Waals surface area contributed by atoms with Crippen LogP contribution in [-0.2, 0) is 19.1 Å². The molecule has 0 amide bonds. The van der Waals surface area contributed by atoms with Crippen LogP contribution in [0.2, 0.25) is 0 Å². The average molecular weight is 763 g/mol. The van der Waals surface area contributed by atoms with Crippen LogP contribution in [0.5, 0.6) is 0 Å². The van der Waals surface area contributed by atoms with Crippen molar-refractivity contribution >= 4 is 11.9 Å². The van der Waals surface area contributed by atoms with E-state index in [2.05, 4.69) is 26.0 Å². The van der Waals surface area contributed by atoms with E-state index in [4.69, 9.17) is 9.47 Å². The Morgan fingerprint density at radius 3 is 1.00 bits per heavy atom. The van der Waals surface area contributed by atoms with Gasteiger partial charge in [0.1, 0.15) is 6.61 Å². The van der Waals surface area contributed by atoms with E-state index in [-0.39, 0.29) is 25.2 Å². The summed E-state index contributed by atoms with van der Waals surface area (Å²) in [5.74, 6) is -0.574. The van der Waals surface area contributed by atoms with E-state index in [0.29, 0.717) is 12.8 Å². The molecule has 1 atom stereocenters. The highest BCUT2D eigenvalue weighted by molar-refractivity contribution is 5.70. The summed E-state index contributed by atoms with van der Waals surface area (Å²) < 4.78 is 10.7. The van der Waals surface area contributed by atoms with E-state index >= 15 is 0 Å². The second-order valence-corrected chi connectivity index (χ2v) is 16.5. The Balaban J connectivity index is 3.46. The maximum absolute atomic E-state index is 12.2. The molecular formula is C49H94O5. The second-order valence-electron chi connectivity index (χ2n) is 16.5. The van der Waals surface area contributed by atoms with E-state index < -0.39 is 6.10 Å². The molecule has 5 nitrogen and oxygen atoms in total. The Labute approximate surface area is 337 Å². The molecule has 0 radical (unpaired) electrons. The normalized spacial score (nSPS) is 12.1. The predicted octanol–water partition coefficient (Wildman–Crippen LogP) is 15.6. The lowest BCUT2D eigenvalue weighted by Gasteiger charge is -2.15. The molecule has 0 rings (SSSR count). The molecule has 0 spiro atoms. The summed E-state index contributed by atoms with van der Waals surface area (Å²) in [5, 5.41) is 9.61. The van der Waals surface area contributed by atoms with Crippen LogP contribution in [0.25, 0.3) is 0 Å². The third-order valence-corrected chi connectivity index (χ3v) is 11.1. The summed E-state index contributed by atoms with van der Waals surface area (Å²) >= 11 is 0. The molecule has 0 aliphatic rings. The van der Waals surface area contributed by atoms with Crippen molar-refractivity contribution in [1.82, 2.24) is 0 Å². The molecule has 0 heterocycles. The molecule has 0 aliphatic heterocycles. The molecule has 1 N–H and O–H groups in total. The molecule has 5 heteroatoms. The number of hydrogen-bond acceptors (Lipinski definition) is 5. The van der Waals surface area contributed by atoms with Crippen molar-refractivity contribution in [2.75, 3.05) is 13.2 Å². The van der Waals surface area contributed by atoms with Gasteiger partial charge in [-0.3, -0.25) is 9.59 Å². The van der Waals surface area contributed by atoms with E-state index in [9.17, 15) is 14.7 Å². The van der Waals surface area contributed by atoms with Gasteiger partial charge in [-0.15, -0.1) is 0 Å². The first-order valence-electron chi connectivity index (χ1n) is 24.2. The number of aliphatic hydroxyl groups excluding tert-OH is 1. The van der Waals surface area contributed by atoms with Crippen LogP contribution in [0.1, 0.15) is 271 Å². The van der Waals surface area contributed by atoms with Crippen LogP contribution in [-0.4, -0.2) is 36.4 Å². The number of ether oxygens (including phenoxy) is 2. The van der Waals surface area contributed by atoms with Gasteiger partial charge in [0.05, 0.1) is 6.61 Å². The molecular weight excluding hydrogens is 669 g/mol. The zero-order valence-electron chi connectivity index (χ0n) is 36.5. The number of aliphatic hydroxyl groups is 1. The lowest BCUT2D eigenvalue weighted by atomic mass is 10.0. The standard InChI is InChI=1S/C49H94O5/c1-3-5-7-9-11-13-15-17-19-21-23-24-26-27-29-31-33-35-37-39-41-43-48(51)53-46-47(45-50)54-49(52)44-42-40-38-36-34-32-30-28-25-22-20-18-16-14-12-10-8-6-4-2/h17,19,47,50H,3-16,18,20-46H2,1-2H3. The first-order valence-corrected chi connectivity index (χ1v) is 24.2. The van der Waals surface area contributed by atoms with Gasteiger partial charge >= 0.3 is 11.9 Å². The summed E-state index contributed by atoms with van der Waals surface area (Å²) in [6, 6.07) is 0. The smallest absolute Gasteiger partial charge is 0.306 e. The lowest BCUT2D eigenvalue weighted by Crippen LogP contribution is -2.28. The van der Waals surface area contributed by atoms with E-state index in [1.165, 1.54) is 205 Å². The summed E-state index contributed by atoms with van der Waals surface area (Å²) in [6.45, 7) is 4.18. The van der Waals surface area contributed by atoms with Crippen LogP contribution >= 0.6 is 0 Å². The van der Waals surface area contributed by atoms with Gasteiger partial charge in [0.15, 0.2) is 6.10 Å². The Morgan fingerprint density at radius 2 is 0.685 bits per heavy atom. The number of rotatable bonds is 45. The van der Waals surface area contributed by atoms with E-state index in [0.717, 1.165) is 38.5 Å². The molecule has 0 bridgehead atoms. The van der Waals surface area contributed by atoms with Crippen molar-refractivity contribution in [3.63, 3.8) is 0 Å². The predicted molar refractivity (Wildman–Crippen MR) is 233 cm³/mol. The van der Waals surface area contributed by atoms with Crippen molar-refractivity contribution in [3.8, 4) is 0 Å². The van der Waals surface area contributed by atoms with Gasteiger partial charge in [-0.25, -0.2) is 0 Å². The summed E-state index contributed by atoms with van der Waals surface area (Å²) in [5.41, 5.74) is 0. The fraction of sp³-hybridized carbons (Fsp3) is 0.918. The molecule has 0 saturated carbocycles. The molecule has 54 heavy (non-hydrogen) atoms. The summed E-state index contributed by atoms with van der Waals surface area (Å²) in [4.78, 5) is 24.4. The van der Waals surface area contributed by atoms with E-state index in [1.54, 1.807) is 0 Å². The van der Waals surface area contributed by atoms with Gasteiger partial charge in [-0.05, 0) is 38.5 Å². The van der Waals surface area contributed by atoms with Crippen LogP contribution < -0.4 is 0 Å². The van der Waals surface area contributed by atoms with Gasteiger partial charge in [0, 0.05) is 12.8 Å². The minimum absolute atomic E-state index is 0.0593. The molecule has 0 aromatic carbocycles. The largest absolute Gasteiger partial charge is 0.462 e. The Bertz CT molecular complexity index is 780. The molecule has 0 saturated heterocycles. The molecule has 0 aromatic heterocycles. The minimum Gasteiger partial charge on any atom is -0.462 e. The number of esters is 2. The van der Waals surface area contributed by atoms with Crippen LogP contribution in [0.4, 0.5) is 0 Å². The fourth-order valence-electron chi connectivity index (χ4n) is 7.38. The molecule has 0 aliphatic carbocycles. The first-order chi connectivity index (χ1) is 26.6. The third-order valence-electron chi connectivity index (χ3n) is 11.1. The Morgan fingerprint density at radius 1 is 0.407 bits per heavy atom. The van der Waals surface area contributed by atoms with E-state index in [1.807, 2.05) is 0 Å². The second kappa shape index (κ2) is 46.0. The highest BCUT2D eigenvalue weighted by Crippen LogP contribution is 2.16. The SMILES string of the molecule is CCCCCCCCC=CCCCCCCCCCCCCCC(=O)OCC(CO)OC(=O)CCCCCCCCCCCCCCCCCCCCC.